The van der Waals surface area contributed by atoms with Crippen LogP contribution in [-0.2, 0) is 0 Å². The second-order valence-electron chi connectivity index (χ2n) is 4.60. The highest BCUT2D eigenvalue weighted by Gasteiger charge is 2.11. The number of fused-ring (bicyclic) bond motifs is 1. The van der Waals surface area contributed by atoms with Gasteiger partial charge in [0, 0.05) is 17.1 Å². The van der Waals surface area contributed by atoms with Crippen LogP contribution in [0.5, 0.6) is 0 Å². The molecule has 1 aromatic heterocycles. The zero-order valence-corrected chi connectivity index (χ0v) is 10.7. The van der Waals surface area contributed by atoms with E-state index < -0.39 is 6.10 Å². The molecule has 1 unspecified atom stereocenters. The lowest BCUT2D eigenvalue weighted by Gasteiger charge is -2.11. The van der Waals surface area contributed by atoms with Gasteiger partial charge in [-0.1, -0.05) is 30.3 Å². The van der Waals surface area contributed by atoms with Gasteiger partial charge in [-0.25, -0.2) is 0 Å². The van der Waals surface area contributed by atoms with Crippen molar-refractivity contribution >= 4 is 10.9 Å². The van der Waals surface area contributed by atoms with E-state index in [1.54, 1.807) is 30.5 Å². The highest BCUT2D eigenvalue weighted by atomic mass is 16.3. The molecule has 0 radical (unpaired) electrons. The largest absolute Gasteiger partial charge is 0.384 e. The normalized spacial score (nSPS) is 12.0. The van der Waals surface area contributed by atoms with E-state index in [2.05, 4.69) is 11.1 Å². The van der Waals surface area contributed by atoms with Crippen LogP contribution in [0.2, 0.25) is 0 Å². The van der Waals surface area contributed by atoms with E-state index in [0.717, 1.165) is 22.0 Å². The van der Waals surface area contributed by atoms with Crippen LogP contribution < -0.4 is 0 Å². The fourth-order valence-corrected chi connectivity index (χ4v) is 2.17. The first-order valence-electron chi connectivity index (χ1n) is 6.31. The van der Waals surface area contributed by atoms with E-state index >= 15 is 0 Å². The molecular weight excluding hydrogens is 248 g/mol. The molecule has 3 heteroatoms. The average Bonchev–Trinajstić information content (AvgIpc) is 2.54. The molecule has 0 aliphatic carbocycles. The Bertz CT molecular complexity index is 788. The molecule has 3 rings (SSSR count). The number of pyridine rings is 1. The minimum Gasteiger partial charge on any atom is -0.384 e. The van der Waals surface area contributed by atoms with E-state index in [1.165, 1.54) is 0 Å². The summed E-state index contributed by atoms with van der Waals surface area (Å²) < 4.78 is 0. The number of hydrogen-bond donors (Lipinski definition) is 1. The molecule has 96 valence electrons. The molecule has 0 spiro atoms. The molecule has 0 aliphatic rings. The van der Waals surface area contributed by atoms with E-state index in [-0.39, 0.29) is 0 Å². The summed E-state index contributed by atoms with van der Waals surface area (Å²) >= 11 is 0. The number of aliphatic hydroxyl groups is 1. The van der Waals surface area contributed by atoms with Crippen molar-refractivity contribution in [2.45, 2.75) is 6.10 Å². The van der Waals surface area contributed by atoms with Crippen LogP contribution >= 0.6 is 0 Å². The summed E-state index contributed by atoms with van der Waals surface area (Å²) in [5, 5.41) is 20.2. The second-order valence-corrected chi connectivity index (χ2v) is 4.60. The molecule has 20 heavy (non-hydrogen) atoms. The third kappa shape index (κ3) is 2.25. The Balaban J connectivity index is 1.98. The van der Waals surface area contributed by atoms with Crippen LogP contribution in [0.4, 0.5) is 0 Å². The van der Waals surface area contributed by atoms with Gasteiger partial charge in [-0.2, -0.15) is 5.26 Å². The summed E-state index contributed by atoms with van der Waals surface area (Å²) in [6.07, 6.45) is 0.949. The quantitative estimate of drug-likeness (QED) is 0.769. The Morgan fingerprint density at radius 3 is 2.50 bits per heavy atom. The van der Waals surface area contributed by atoms with Crippen molar-refractivity contribution in [2.75, 3.05) is 0 Å². The van der Waals surface area contributed by atoms with Crippen LogP contribution in [0.25, 0.3) is 10.9 Å². The van der Waals surface area contributed by atoms with Crippen molar-refractivity contribution in [3.63, 3.8) is 0 Å². The van der Waals surface area contributed by atoms with Gasteiger partial charge in [-0.15, -0.1) is 0 Å². The van der Waals surface area contributed by atoms with Gasteiger partial charge >= 0.3 is 0 Å². The van der Waals surface area contributed by atoms with Crippen LogP contribution in [0.3, 0.4) is 0 Å². The highest BCUT2D eigenvalue weighted by Crippen LogP contribution is 2.24. The molecule has 0 amide bonds. The third-order valence-electron chi connectivity index (χ3n) is 3.28. The van der Waals surface area contributed by atoms with Crippen molar-refractivity contribution in [1.29, 1.82) is 5.26 Å². The monoisotopic (exact) mass is 260 g/mol. The molecule has 2 aromatic carbocycles. The van der Waals surface area contributed by atoms with Gasteiger partial charge in [0.15, 0.2) is 0 Å². The molecule has 0 bridgehead atoms. The number of rotatable bonds is 2. The van der Waals surface area contributed by atoms with Crippen molar-refractivity contribution in [1.82, 2.24) is 4.98 Å². The van der Waals surface area contributed by atoms with Gasteiger partial charge in [0.25, 0.3) is 0 Å². The summed E-state index contributed by atoms with van der Waals surface area (Å²) in [5.74, 6) is 0. The van der Waals surface area contributed by atoms with Gasteiger partial charge in [0.05, 0.1) is 17.1 Å². The number of benzene rings is 2. The summed E-state index contributed by atoms with van der Waals surface area (Å²) in [4.78, 5) is 4.35. The fraction of sp³-hybridized carbons (Fsp3) is 0.0588. The molecule has 1 atom stereocenters. The average molecular weight is 260 g/mol. The summed E-state index contributed by atoms with van der Waals surface area (Å²) in [5.41, 5.74) is 2.98. The smallest absolute Gasteiger partial charge is 0.106 e. The maximum absolute atomic E-state index is 10.4. The van der Waals surface area contributed by atoms with E-state index in [0.29, 0.717) is 5.56 Å². The van der Waals surface area contributed by atoms with Crippen LogP contribution in [0.15, 0.2) is 60.8 Å². The lowest BCUT2D eigenvalue weighted by atomic mass is 10.0. The molecule has 0 saturated heterocycles. The van der Waals surface area contributed by atoms with Crippen molar-refractivity contribution < 1.29 is 5.11 Å². The summed E-state index contributed by atoms with van der Waals surface area (Å²) in [6.45, 7) is 0. The summed E-state index contributed by atoms with van der Waals surface area (Å²) in [6, 6.07) is 18.7. The number of aromatic nitrogens is 1. The molecule has 3 nitrogen and oxygen atoms in total. The Kier molecular flexibility index (Phi) is 3.16. The maximum Gasteiger partial charge on any atom is 0.106 e. The second kappa shape index (κ2) is 5.12. The van der Waals surface area contributed by atoms with Gasteiger partial charge in [-0.3, -0.25) is 4.98 Å². The number of aliphatic hydroxyl groups excluding tert-OH is 1. The van der Waals surface area contributed by atoms with E-state index in [4.69, 9.17) is 5.26 Å². The molecule has 1 heterocycles. The molecule has 0 saturated carbocycles. The Morgan fingerprint density at radius 1 is 1.00 bits per heavy atom. The number of hydrogen-bond acceptors (Lipinski definition) is 3. The van der Waals surface area contributed by atoms with Crippen LogP contribution in [-0.4, -0.2) is 10.1 Å². The number of para-hydroxylation sites is 1. The van der Waals surface area contributed by atoms with Crippen molar-refractivity contribution in [3.05, 3.63) is 77.5 Å². The molecule has 0 fully saturated rings. The molecular formula is C17H12N2O. The molecule has 3 aromatic rings. The maximum atomic E-state index is 10.4. The van der Waals surface area contributed by atoms with Crippen LogP contribution in [0, 0.1) is 11.3 Å². The summed E-state index contributed by atoms with van der Waals surface area (Å²) in [7, 11) is 0. The predicted octanol–water partition coefficient (Wildman–Crippen LogP) is 3.19. The first kappa shape index (κ1) is 12.3. The van der Waals surface area contributed by atoms with Crippen molar-refractivity contribution in [3.8, 4) is 6.07 Å². The van der Waals surface area contributed by atoms with E-state index in [9.17, 15) is 5.11 Å². The fourth-order valence-electron chi connectivity index (χ4n) is 2.17. The molecule has 0 aliphatic heterocycles. The molecule has 1 N–H and O–H groups in total. The lowest BCUT2D eigenvalue weighted by molar-refractivity contribution is 0.220. The first-order valence-corrected chi connectivity index (χ1v) is 6.31. The van der Waals surface area contributed by atoms with Crippen molar-refractivity contribution in [2.24, 2.45) is 0 Å². The topological polar surface area (TPSA) is 56.9 Å². The Morgan fingerprint density at radius 2 is 1.75 bits per heavy atom. The zero-order chi connectivity index (χ0) is 13.9. The predicted molar refractivity (Wildman–Crippen MR) is 77.0 cm³/mol. The highest BCUT2D eigenvalue weighted by molar-refractivity contribution is 5.78. The standard InChI is InChI=1S/C17H12N2O/c18-10-12-5-7-13(8-6-12)17(20)15-9-14-3-1-2-4-16(14)19-11-15/h1-9,11,17,20H. The Labute approximate surface area is 116 Å². The third-order valence-corrected chi connectivity index (χ3v) is 3.28. The number of nitrogens with zero attached hydrogens (tertiary/aromatic N) is 2. The van der Waals surface area contributed by atoms with Crippen LogP contribution in [0.1, 0.15) is 22.8 Å². The number of nitriles is 1. The minimum absolute atomic E-state index is 0.581. The first-order chi connectivity index (χ1) is 9.78. The minimum atomic E-state index is -0.736. The van der Waals surface area contributed by atoms with Gasteiger partial charge in [0.1, 0.15) is 6.10 Å². The Hall–Kier alpha value is -2.70. The van der Waals surface area contributed by atoms with Gasteiger partial charge < -0.3 is 5.11 Å². The SMILES string of the molecule is N#Cc1ccc(C(O)c2cnc3ccccc3c2)cc1. The zero-order valence-electron chi connectivity index (χ0n) is 10.7. The van der Waals surface area contributed by atoms with Gasteiger partial charge in [-0.05, 0) is 29.8 Å². The van der Waals surface area contributed by atoms with E-state index in [1.807, 2.05) is 30.3 Å². The van der Waals surface area contributed by atoms with Gasteiger partial charge in [0.2, 0.25) is 0 Å². The lowest BCUT2D eigenvalue weighted by Crippen LogP contribution is -2.00.